The molecule has 0 saturated heterocycles. The molecule has 2 heterocycles. The molecule has 4 rings (SSSR count). The number of benzene rings is 2. The molecule has 0 fully saturated rings. The lowest BCUT2D eigenvalue weighted by molar-refractivity contribution is -0.384. The van der Waals surface area contributed by atoms with Crippen LogP contribution in [0, 0.1) is 10.1 Å². The molecule has 0 bridgehead atoms. The summed E-state index contributed by atoms with van der Waals surface area (Å²) < 4.78 is 1.60. The molecule has 0 atom stereocenters. The molecule has 1 amide bonds. The Hall–Kier alpha value is -3.55. The van der Waals surface area contributed by atoms with E-state index in [1.165, 1.54) is 17.0 Å². The fourth-order valence-electron chi connectivity index (χ4n) is 3.07. The highest BCUT2D eigenvalue weighted by molar-refractivity contribution is 6.06. The van der Waals surface area contributed by atoms with Crippen LogP contribution in [0.15, 0.2) is 54.7 Å². The highest BCUT2D eigenvalue weighted by atomic mass is 16.6. The van der Waals surface area contributed by atoms with E-state index >= 15 is 0 Å². The third kappa shape index (κ3) is 2.92. The van der Waals surface area contributed by atoms with Crippen LogP contribution < -0.4 is 4.90 Å². The molecule has 0 unspecified atom stereocenters. The SMILES string of the molecule is O=C(c1cn(Cc2ccccc2)nn1)N1CCc2ccc([N+](=O)[O-])cc21. The van der Waals surface area contributed by atoms with Gasteiger partial charge in [-0.2, -0.15) is 0 Å². The average molecular weight is 349 g/mol. The molecule has 1 aliphatic rings. The molecule has 2 aromatic carbocycles. The fourth-order valence-corrected chi connectivity index (χ4v) is 3.07. The van der Waals surface area contributed by atoms with Crippen LogP contribution in [0.4, 0.5) is 11.4 Å². The Kier molecular flexibility index (Phi) is 3.92. The predicted octanol–water partition coefficient (Wildman–Crippen LogP) is 2.44. The number of nitrogens with zero attached hydrogens (tertiary/aromatic N) is 5. The minimum Gasteiger partial charge on any atom is -0.306 e. The molecule has 0 spiro atoms. The zero-order valence-electron chi connectivity index (χ0n) is 13.8. The molecule has 0 saturated carbocycles. The van der Waals surface area contributed by atoms with Crippen LogP contribution in [0.1, 0.15) is 21.6 Å². The Morgan fingerprint density at radius 3 is 2.77 bits per heavy atom. The van der Waals surface area contributed by atoms with Gasteiger partial charge < -0.3 is 4.90 Å². The van der Waals surface area contributed by atoms with Crippen molar-refractivity contribution in [3.63, 3.8) is 0 Å². The number of rotatable bonds is 4. The standard InChI is InChI=1S/C18H15N5O3/c24-18(16-12-21(20-19-16)11-13-4-2-1-3-5-13)22-9-8-14-6-7-15(23(25)26)10-17(14)22/h1-7,10,12H,8-9,11H2. The number of nitro benzene ring substituents is 1. The van der Waals surface area contributed by atoms with Gasteiger partial charge >= 0.3 is 0 Å². The quantitative estimate of drug-likeness (QED) is 0.533. The minimum atomic E-state index is -0.461. The lowest BCUT2D eigenvalue weighted by atomic mass is 10.1. The van der Waals surface area contributed by atoms with Crippen molar-refractivity contribution in [2.24, 2.45) is 0 Å². The van der Waals surface area contributed by atoms with Crippen LogP contribution in [-0.4, -0.2) is 32.4 Å². The predicted molar refractivity (Wildman–Crippen MR) is 94.0 cm³/mol. The molecule has 0 radical (unpaired) electrons. The van der Waals surface area contributed by atoms with Crippen LogP contribution in [0.25, 0.3) is 0 Å². The normalized spacial score (nSPS) is 12.8. The topological polar surface area (TPSA) is 94.2 Å². The van der Waals surface area contributed by atoms with Crippen LogP contribution in [-0.2, 0) is 13.0 Å². The van der Waals surface area contributed by atoms with E-state index in [4.69, 9.17) is 0 Å². The number of carbonyl (C=O) groups excluding carboxylic acids is 1. The number of nitro groups is 1. The number of non-ortho nitro benzene ring substituents is 1. The maximum atomic E-state index is 12.8. The fraction of sp³-hybridized carbons (Fsp3) is 0.167. The molecule has 3 aromatic rings. The van der Waals surface area contributed by atoms with E-state index in [1.54, 1.807) is 16.9 Å². The Bertz CT molecular complexity index is 984. The van der Waals surface area contributed by atoms with Crippen LogP contribution in [0.3, 0.4) is 0 Å². The number of hydrogen-bond acceptors (Lipinski definition) is 5. The van der Waals surface area contributed by atoms with Crippen molar-refractivity contribution in [2.75, 3.05) is 11.4 Å². The van der Waals surface area contributed by atoms with Crippen LogP contribution in [0.2, 0.25) is 0 Å². The summed E-state index contributed by atoms with van der Waals surface area (Å²) in [7, 11) is 0. The van der Waals surface area contributed by atoms with Gasteiger partial charge in [-0.1, -0.05) is 41.6 Å². The molecular weight excluding hydrogens is 334 g/mol. The van der Waals surface area contributed by atoms with Gasteiger partial charge in [-0.3, -0.25) is 14.9 Å². The van der Waals surface area contributed by atoms with Crippen molar-refractivity contribution in [1.29, 1.82) is 0 Å². The zero-order chi connectivity index (χ0) is 18.1. The summed E-state index contributed by atoms with van der Waals surface area (Å²) in [5, 5.41) is 19.0. The van der Waals surface area contributed by atoms with E-state index < -0.39 is 4.92 Å². The lowest BCUT2D eigenvalue weighted by Gasteiger charge is -2.15. The third-order valence-electron chi connectivity index (χ3n) is 4.37. The van der Waals surface area contributed by atoms with Gasteiger partial charge in [0, 0.05) is 18.7 Å². The van der Waals surface area contributed by atoms with Gasteiger partial charge in [0.05, 0.1) is 23.4 Å². The van der Waals surface area contributed by atoms with Crippen molar-refractivity contribution >= 4 is 17.3 Å². The second-order valence-corrected chi connectivity index (χ2v) is 6.06. The molecule has 8 heteroatoms. The van der Waals surface area contributed by atoms with Gasteiger partial charge in [0.15, 0.2) is 5.69 Å². The van der Waals surface area contributed by atoms with Gasteiger partial charge in [-0.15, -0.1) is 5.10 Å². The molecule has 1 aliphatic heterocycles. The second-order valence-electron chi connectivity index (χ2n) is 6.06. The van der Waals surface area contributed by atoms with E-state index in [2.05, 4.69) is 10.3 Å². The summed E-state index contributed by atoms with van der Waals surface area (Å²) in [5.74, 6) is -0.302. The number of fused-ring (bicyclic) bond motifs is 1. The van der Waals surface area contributed by atoms with E-state index in [0.717, 1.165) is 11.1 Å². The molecule has 130 valence electrons. The second kappa shape index (κ2) is 6.40. The van der Waals surface area contributed by atoms with Crippen molar-refractivity contribution in [2.45, 2.75) is 13.0 Å². The number of carbonyl (C=O) groups is 1. The first kappa shape index (κ1) is 15.9. The minimum absolute atomic E-state index is 0.0313. The maximum Gasteiger partial charge on any atom is 0.280 e. The monoisotopic (exact) mass is 349 g/mol. The van der Waals surface area contributed by atoms with E-state index in [1.807, 2.05) is 30.3 Å². The molecule has 0 N–H and O–H groups in total. The number of anilines is 1. The Labute approximate surface area is 148 Å². The van der Waals surface area contributed by atoms with Crippen molar-refractivity contribution < 1.29 is 9.72 Å². The van der Waals surface area contributed by atoms with Crippen molar-refractivity contribution in [3.05, 3.63) is 81.7 Å². The first-order chi connectivity index (χ1) is 12.6. The summed E-state index contributed by atoms with van der Waals surface area (Å²) in [5.41, 5.74) is 2.73. The zero-order valence-corrected chi connectivity index (χ0v) is 13.8. The molecule has 0 aliphatic carbocycles. The van der Waals surface area contributed by atoms with Crippen LogP contribution >= 0.6 is 0 Å². The van der Waals surface area contributed by atoms with Crippen molar-refractivity contribution in [1.82, 2.24) is 15.0 Å². The Morgan fingerprint density at radius 2 is 2.00 bits per heavy atom. The van der Waals surface area contributed by atoms with Gasteiger partial charge in [0.25, 0.3) is 11.6 Å². The molecule has 1 aromatic heterocycles. The van der Waals surface area contributed by atoms with Crippen molar-refractivity contribution in [3.8, 4) is 0 Å². The van der Waals surface area contributed by atoms with Crippen LogP contribution in [0.5, 0.6) is 0 Å². The number of aromatic nitrogens is 3. The van der Waals surface area contributed by atoms with Gasteiger partial charge in [0.1, 0.15) is 0 Å². The summed E-state index contributed by atoms with van der Waals surface area (Å²) in [6, 6.07) is 14.4. The van der Waals surface area contributed by atoms with E-state index in [0.29, 0.717) is 25.2 Å². The molecule has 8 nitrogen and oxygen atoms in total. The summed E-state index contributed by atoms with van der Waals surface area (Å²) >= 11 is 0. The maximum absolute atomic E-state index is 12.8. The lowest BCUT2D eigenvalue weighted by Crippen LogP contribution is -2.29. The average Bonchev–Trinajstić information content (AvgIpc) is 3.28. The van der Waals surface area contributed by atoms with Gasteiger partial charge in [-0.25, -0.2) is 4.68 Å². The number of hydrogen-bond donors (Lipinski definition) is 0. The highest BCUT2D eigenvalue weighted by Gasteiger charge is 2.29. The summed E-state index contributed by atoms with van der Waals surface area (Å²) in [6.07, 6.45) is 2.27. The van der Waals surface area contributed by atoms with Gasteiger partial charge in [0.2, 0.25) is 0 Å². The van der Waals surface area contributed by atoms with Gasteiger partial charge in [-0.05, 0) is 17.5 Å². The Morgan fingerprint density at radius 1 is 1.19 bits per heavy atom. The largest absolute Gasteiger partial charge is 0.306 e. The molecule has 26 heavy (non-hydrogen) atoms. The third-order valence-corrected chi connectivity index (χ3v) is 4.37. The summed E-state index contributed by atoms with van der Waals surface area (Å²) in [4.78, 5) is 24.9. The number of amides is 1. The highest BCUT2D eigenvalue weighted by Crippen LogP contribution is 2.32. The first-order valence-electron chi connectivity index (χ1n) is 8.15. The van der Waals surface area contributed by atoms with E-state index in [-0.39, 0.29) is 17.3 Å². The molecular formula is C18H15N5O3. The smallest absolute Gasteiger partial charge is 0.280 e. The Balaban J connectivity index is 1.57. The first-order valence-corrected chi connectivity index (χ1v) is 8.15. The summed E-state index contributed by atoms with van der Waals surface area (Å²) in [6.45, 7) is 0.990. The van der Waals surface area contributed by atoms with E-state index in [9.17, 15) is 14.9 Å².